The Labute approximate surface area is 189 Å². The molecule has 3 heterocycles. The Hall–Kier alpha value is -1.66. The van der Waals surface area contributed by atoms with E-state index in [1.54, 1.807) is 11.6 Å². The standard InChI is InChI=1S/C20H24ClF3N4O3S/c1-27-11-19(26-12-27)32(29,30)28-9-15(18-3-2-6-31-18)17(10-28)25-8-13-4-5-14(7-16(13)21)20(22,23)24/h4-5,7,11-12,15,17-18,25H,2-3,6,8-10H2,1H3. The van der Waals surface area contributed by atoms with Gasteiger partial charge in [-0.1, -0.05) is 17.7 Å². The zero-order valence-electron chi connectivity index (χ0n) is 17.3. The lowest BCUT2D eigenvalue weighted by Crippen LogP contribution is -2.40. The van der Waals surface area contributed by atoms with E-state index in [1.807, 2.05) is 0 Å². The lowest BCUT2D eigenvalue weighted by Gasteiger charge is -2.25. The first-order valence-electron chi connectivity index (χ1n) is 10.2. The third kappa shape index (κ3) is 4.81. The topological polar surface area (TPSA) is 76.5 Å². The smallest absolute Gasteiger partial charge is 0.378 e. The van der Waals surface area contributed by atoms with Gasteiger partial charge in [0.2, 0.25) is 0 Å². The van der Waals surface area contributed by atoms with Crippen molar-refractivity contribution in [2.75, 3.05) is 19.7 Å². The molecular weight excluding hydrogens is 469 g/mol. The molecule has 2 aliphatic heterocycles. The zero-order chi connectivity index (χ0) is 23.1. The summed E-state index contributed by atoms with van der Waals surface area (Å²) >= 11 is 6.09. The van der Waals surface area contributed by atoms with E-state index in [1.165, 1.54) is 22.9 Å². The van der Waals surface area contributed by atoms with Crippen molar-refractivity contribution in [1.29, 1.82) is 0 Å². The Morgan fingerprint density at radius 1 is 1.31 bits per heavy atom. The van der Waals surface area contributed by atoms with Gasteiger partial charge >= 0.3 is 6.18 Å². The molecule has 0 spiro atoms. The van der Waals surface area contributed by atoms with Crippen LogP contribution in [0.2, 0.25) is 5.02 Å². The van der Waals surface area contributed by atoms with Gasteiger partial charge in [-0.2, -0.15) is 17.5 Å². The summed E-state index contributed by atoms with van der Waals surface area (Å²) in [5, 5.41) is 3.30. The fourth-order valence-electron chi connectivity index (χ4n) is 4.28. The molecular formula is C20H24ClF3N4O3S. The Morgan fingerprint density at radius 3 is 2.69 bits per heavy atom. The average Bonchev–Trinajstić information content (AvgIpc) is 3.46. The number of nitrogens with zero attached hydrogens (tertiary/aromatic N) is 3. The Kier molecular flexibility index (Phi) is 6.56. The summed E-state index contributed by atoms with van der Waals surface area (Å²) in [4.78, 5) is 3.99. The average molecular weight is 493 g/mol. The molecule has 3 atom stereocenters. The van der Waals surface area contributed by atoms with Gasteiger partial charge in [0, 0.05) is 56.5 Å². The molecule has 0 radical (unpaired) electrons. The highest BCUT2D eigenvalue weighted by atomic mass is 35.5. The second-order valence-electron chi connectivity index (χ2n) is 8.21. The Bertz CT molecular complexity index is 1070. The van der Waals surface area contributed by atoms with Crippen molar-refractivity contribution in [3.05, 3.63) is 46.9 Å². The first kappa shape index (κ1) is 23.5. The quantitative estimate of drug-likeness (QED) is 0.670. The highest BCUT2D eigenvalue weighted by molar-refractivity contribution is 7.89. The number of sulfonamides is 1. The molecule has 2 fully saturated rings. The predicted octanol–water partition coefficient (Wildman–Crippen LogP) is 3.05. The predicted molar refractivity (Wildman–Crippen MR) is 112 cm³/mol. The number of ether oxygens (including phenoxy) is 1. The summed E-state index contributed by atoms with van der Waals surface area (Å²) in [7, 11) is -2.07. The summed E-state index contributed by atoms with van der Waals surface area (Å²) in [5.41, 5.74) is -0.297. The first-order chi connectivity index (χ1) is 15.1. The van der Waals surface area contributed by atoms with Crippen molar-refractivity contribution in [2.24, 2.45) is 13.0 Å². The van der Waals surface area contributed by atoms with E-state index in [2.05, 4.69) is 10.3 Å². The van der Waals surface area contributed by atoms with E-state index in [9.17, 15) is 21.6 Å². The number of imidazole rings is 1. The summed E-state index contributed by atoms with van der Waals surface area (Å²) < 4.78 is 73.6. The monoisotopic (exact) mass is 492 g/mol. The van der Waals surface area contributed by atoms with Crippen LogP contribution in [0.3, 0.4) is 0 Å². The molecule has 32 heavy (non-hydrogen) atoms. The van der Waals surface area contributed by atoms with Crippen LogP contribution < -0.4 is 5.32 Å². The second-order valence-corrected chi connectivity index (χ2v) is 10.5. The van der Waals surface area contributed by atoms with Crippen molar-refractivity contribution in [3.63, 3.8) is 0 Å². The molecule has 0 saturated carbocycles. The molecule has 7 nitrogen and oxygen atoms in total. The van der Waals surface area contributed by atoms with Crippen LogP contribution in [-0.4, -0.2) is 54.1 Å². The minimum atomic E-state index is -4.47. The molecule has 1 N–H and O–H groups in total. The Morgan fingerprint density at radius 2 is 2.09 bits per heavy atom. The van der Waals surface area contributed by atoms with Gasteiger partial charge < -0.3 is 14.6 Å². The SMILES string of the molecule is Cn1cnc(S(=O)(=O)N2CC(NCc3ccc(C(F)(F)F)cc3Cl)C(C3CCCO3)C2)c1. The molecule has 2 aliphatic rings. The van der Waals surface area contributed by atoms with Crippen LogP contribution >= 0.6 is 11.6 Å². The van der Waals surface area contributed by atoms with Crippen LogP contribution in [0.15, 0.2) is 35.7 Å². The fourth-order valence-corrected chi connectivity index (χ4v) is 6.00. The van der Waals surface area contributed by atoms with Crippen molar-refractivity contribution in [3.8, 4) is 0 Å². The third-order valence-corrected chi connectivity index (χ3v) is 8.06. The highest BCUT2D eigenvalue weighted by Gasteiger charge is 2.44. The number of benzene rings is 1. The molecule has 3 unspecified atom stereocenters. The summed E-state index contributed by atoms with van der Waals surface area (Å²) in [6.45, 7) is 1.33. The van der Waals surface area contributed by atoms with Crippen LogP contribution in [0.5, 0.6) is 0 Å². The summed E-state index contributed by atoms with van der Waals surface area (Å²) in [6, 6.07) is 3.00. The number of alkyl halides is 3. The molecule has 1 aromatic heterocycles. The van der Waals surface area contributed by atoms with Gasteiger partial charge in [0.15, 0.2) is 5.03 Å². The minimum Gasteiger partial charge on any atom is -0.378 e. The van der Waals surface area contributed by atoms with E-state index in [-0.39, 0.29) is 47.7 Å². The van der Waals surface area contributed by atoms with Gasteiger partial charge in [-0.15, -0.1) is 0 Å². The van der Waals surface area contributed by atoms with Crippen molar-refractivity contribution in [2.45, 2.75) is 42.7 Å². The molecule has 0 aliphatic carbocycles. The fraction of sp³-hybridized carbons (Fsp3) is 0.550. The van der Waals surface area contributed by atoms with Gasteiger partial charge in [0.05, 0.1) is 18.0 Å². The third-order valence-electron chi connectivity index (χ3n) is 5.99. The molecule has 176 valence electrons. The van der Waals surface area contributed by atoms with Crippen molar-refractivity contribution >= 4 is 21.6 Å². The highest BCUT2D eigenvalue weighted by Crippen LogP contribution is 2.34. The molecule has 2 aromatic rings. The Balaban J connectivity index is 1.51. The normalized spacial score (nSPS) is 25.0. The van der Waals surface area contributed by atoms with Gasteiger partial charge in [-0.05, 0) is 30.5 Å². The van der Waals surface area contributed by atoms with E-state index in [0.717, 1.165) is 25.0 Å². The molecule has 2 saturated heterocycles. The van der Waals surface area contributed by atoms with E-state index in [4.69, 9.17) is 16.3 Å². The van der Waals surface area contributed by atoms with E-state index >= 15 is 0 Å². The first-order valence-corrected chi connectivity index (χ1v) is 12.1. The molecule has 12 heteroatoms. The molecule has 0 amide bonds. The second kappa shape index (κ2) is 8.94. The van der Waals surface area contributed by atoms with Gasteiger partial charge in [0.25, 0.3) is 10.0 Å². The van der Waals surface area contributed by atoms with Crippen LogP contribution in [0.4, 0.5) is 13.2 Å². The van der Waals surface area contributed by atoms with Crippen molar-refractivity contribution in [1.82, 2.24) is 19.2 Å². The maximum atomic E-state index is 13.1. The number of rotatable bonds is 6. The van der Waals surface area contributed by atoms with Crippen LogP contribution in [-0.2, 0) is 34.5 Å². The van der Waals surface area contributed by atoms with E-state index in [0.29, 0.717) is 12.2 Å². The van der Waals surface area contributed by atoms with Crippen LogP contribution in [0, 0.1) is 5.92 Å². The number of aryl methyl sites for hydroxylation is 1. The number of hydrogen-bond acceptors (Lipinski definition) is 5. The lowest BCUT2D eigenvalue weighted by molar-refractivity contribution is -0.137. The number of halogens is 4. The molecule has 0 bridgehead atoms. The van der Waals surface area contributed by atoms with Crippen LogP contribution in [0.1, 0.15) is 24.0 Å². The van der Waals surface area contributed by atoms with Gasteiger partial charge in [0.1, 0.15) is 0 Å². The van der Waals surface area contributed by atoms with Crippen molar-refractivity contribution < 1.29 is 26.3 Å². The maximum Gasteiger partial charge on any atom is 0.416 e. The molecule has 4 rings (SSSR count). The number of aromatic nitrogens is 2. The maximum absolute atomic E-state index is 13.1. The van der Waals surface area contributed by atoms with E-state index < -0.39 is 21.8 Å². The minimum absolute atomic E-state index is 0.0111. The largest absolute Gasteiger partial charge is 0.416 e. The zero-order valence-corrected chi connectivity index (χ0v) is 18.9. The van der Waals surface area contributed by atoms with Gasteiger partial charge in [-0.3, -0.25) is 0 Å². The lowest BCUT2D eigenvalue weighted by atomic mass is 9.94. The van der Waals surface area contributed by atoms with Gasteiger partial charge in [-0.25, -0.2) is 13.4 Å². The number of hydrogen-bond donors (Lipinski definition) is 1. The number of nitrogens with one attached hydrogen (secondary N) is 1. The summed E-state index contributed by atoms with van der Waals surface area (Å²) in [6.07, 6.45) is 0.0841. The summed E-state index contributed by atoms with van der Waals surface area (Å²) in [5.74, 6) is -0.0933. The molecule has 1 aromatic carbocycles. The van der Waals surface area contributed by atoms with Crippen LogP contribution in [0.25, 0.3) is 0 Å².